The predicted molar refractivity (Wildman–Crippen MR) is 51.2 cm³/mol. The zero-order valence-electron chi connectivity index (χ0n) is 8.17. The van der Waals surface area contributed by atoms with Crippen molar-refractivity contribution in [3.8, 4) is 6.07 Å². The Morgan fingerprint density at radius 2 is 2.13 bits per heavy atom. The van der Waals surface area contributed by atoms with E-state index < -0.39 is 18.6 Å². The van der Waals surface area contributed by atoms with Crippen molar-refractivity contribution in [2.75, 3.05) is 24.6 Å². The van der Waals surface area contributed by atoms with E-state index in [2.05, 4.69) is 0 Å². The highest BCUT2D eigenvalue weighted by Crippen LogP contribution is 2.18. The third kappa shape index (κ3) is 5.52. The molecule has 86 valence electrons. The standard InChI is InChI=1S/C8H11F3N2OS/c1-2-15-6-5-13(4-3-12)7(14)8(9,10)11/h2,4-6H2,1H3. The first-order valence-corrected chi connectivity index (χ1v) is 5.39. The number of alkyl halides is 3. The SMILES string of the molecule is CCSCCN(CC#N)C(=O)C(F)(F)F. The molecule has 0 saturated carbocycles. The normalized spacial score (nSPS) is 10.9. The van der Waals surface area contributed by atoms with Gasteiger partial charge in [0.2, 0.25) is 0 Å². The van der Waals surface area contributed by atoms with Gasteiger partial charge in [-0.15, -0.1) is 0 Å². The fourth-order valence-electron chi connectivity index (χ4n) is 0.836. The second-order valence-corrected chi connectivity index (χ2v) is 3.97. The fraction of sp³-hybridized carbons (Fsp3) is 0.750. The third-order valence-electron chi connectivity index (χ3n) is 1.50. The van der Waals surface area contributed by atoms with E-state index in [0.717, 1.165) is 5.75 Å². The minimum absolute atomic E-state index is 0.0512. The van der Waals surface area contributed by atoms with Gasteiger partial charge in [0.15, 0.2) is 0 Å². The Kier molecular flexibility index (Phi) is 6.17. The lowest BCUT2D eigenvalue weighted by Crippen LogP contribution is -2.42. The number of amides is 1. The van der Waals surface area contributed by atoms with Crippen LogP contribution >= 0.6 is 11.8 Å². The molecular formula is C8H11F3N2OS. The van der Waals surface area contributed by atoms with E-state index in [1.807, 2.05) is 6.92 Å². The van der Waals surface area contributed by atoms with Crippen LogP contribution in [0.4, 0.5) is 13.2 Å². The van der Waals surface area contributed by atoms with Crippen molar-refractivity contribution >= 4 is 17.7 Å². The highest BCUT2D eigenvalue weighted by molar-refractivity contribution is 7.99. The molecule has 0 unspecified atom stereocenters. The van der Waals surface area contributed by atoms with Gasteiger partial charge < -0.3 is 4.90 Å². The summed E-state index contributed by atoms with van der Waals surface area (Å²) in [6.07, 6.45) is -4.90. The van der Waals surface area contributed by atoms with Gasteiger partial charge >= 0.3 is 12.1 Å². The van der Waals surface area contributed by atoms with E-state index in [9.17, 15) is 18.0 Å². The molecule has 0 atom stereocenters. The molecule has 0 heterocycles. The second kappa shape index (κ2) is 6.56. The molecule has 0 aromatic carbocycles. The molecule has 0 aliphatic rings. The summed E-state index contributed by atoms with van der Waals surface area (Å²) in [4.78, 5) is 11.3. The number of hydrogen-bond donors (Lipinski definition) is 0. The molecule has 3 nitrogen and oxygen atoms in total. The number of nitriles is 1. The van der Waals surface area contributed by atoms with E-state index in [-0.39, 0.29) is 6.54 Å². The molecular weight excluding hydrogens is 229 g/mol. The maximum Gasteiger partial charge on any atom is 0.471 e. The van der Waals surface area contributed by atoms with Crippen molar-refractivity contribution in [2.24, 2.45) is 0 Å². The maximum atomic E-state index is 12.0. The van der Waals surface area contributed by atoms with Crippen molar-refractivity contribution in [3.63, 3.8) is 0 Å². The van der Waals surface area contributed by atoms with Gasteiger partial charge in [-0.2, -0.15) is 30.2 Å². The van der Waals surface area contributed by atoms with Crippen molar-refractivity contribution in [1.29, 1.82) is 5.26 Å². The summed E-state index contributed by atoms with van der Waals surface area (Å²) in [6.45, 7) is 1.29. The third-order valence-corrected chi connectivity index (χ3v) is 2.38. The largest absolute Gasteiger partial charge is 0.471 e. The van der Waals surface area contributed by atoms with Crippen LogP contribution in [0.25, 0.3) is 0 Å². The molecule has 0 spiro atoms. The summed E-state index contributed by atoms with van der Waals surface area (Å²) in [5.74, 6) is -0.776. The highest BCUT2D eigenvalue weighted by Gasteiger charge is 2.42. The number of carbonyl (C=O) groups is 1. The number of nitrogens with zero attached hydrogens (tertiary/aromatic N) is 2. The maximum absolute atomic E-state index is 12.0. The minimum atomic E-state index is -4.90. The lowest BCUT2D eigenvalue weighted by atomic mass is 10.4. The number of carbonyl (C=O) groups excluding carboxylic acids is 1. The van der Waals surface area contributed by atoms with Gasteiger partial charge in [-0.25, -0.2) is 0 Å². The summed E-state index contributed by atoms with van der Waals surface area (Å²) >= 11 is 1.42. The van der Waals surface area contributed by atoms with E-state index in [1.54, 1.807) is 6.07 Å². The van der Waals surface area contributed by atoms with Gasteiger partial charge in [-0.05, 0) is 5.75 Å². The molecule has 0 aromatic heterocycles. The molecule has 0 saturated heterocycles. The predicted octanol–water partition coefficient (Wildman–Crippen LogP) is 1.65. The highest BCUT2D eigenvalue weighted by atomic mass is 32.2. The summed E-state index contributed by atoms with van der Waals surface area (Å²) in [5.41, 5.74) is 0. The average molecular weight is 240 g/mol. The Labute approximate surface area is 90.2 Å². The smallest absolute Gasteiger partial charge is 0.321 e. The monoisotopic (exact) mass is 240 g/mol. The molecule has 7 heteroatoms. The van der Waals surface area contributed by atoms with Gasteiger partial charge in [-0.3, -0.25) is 4.79 Å². The average Bonchev–Trinajstić information content (AvgIpc) is 2.14. The van der Waals surface area contributed by atoms with Crippen LogP contribution in [0.15, 0.2) is 0 Å². The van der Waals surface area contributed by atoms with Crippen LogP contribution in [0.3, 0.4) is 0 Å². The quantitative estimate of drug-likeness (QED) is 0.542. The molecule has 0 aliphatic carbocycles. The first kappa shape index (κ1) is 14.1. The van der Waals surface area contributed by atoms with Crippen LogP contribution < -0.4 is 0 Å². The zero-order chi connectivity index (χ0) is 11.9. The first-order chi connectivity index (χ1) is 6.93. The van der Waals surface area contributed by atoms with E-state index in [4.69, 9.17) is 5.26 Å². The first-order valence-electron chi connectivity index (χ1n) is 4.24. The van der Waals surface area contributed by atoms with Crippen molar-refractivity contribution in [3.05, 3.63) is 0 Å². The Morgan fingerprint density at radius 1 is 1.53 bits per heavy atom. The Balaban J connectivity index is 4.27. The minimum Gasteiger partial charge on any atom is -0.321 e. The number of hydrogen-bond acceptors (Lipinski definition) is 3. The van der Waals surface area contributed by atoms with E-state index >= 15 is 0 Å². The number of halogens is 3. The van der Waals surface area contributed by atoms with Gasteiger partial charge in [0.05, 0.1) is 6.07 Å². The molecule has 0 fully saturated rings. The fourth-order valence-corrected chi connectivity index (χ4v) is 1.47. The topological polar surface area (TPSA) is 44.1 Å². The molecule has 1 amide bonds. The van der Waals surface area contributed by atoms with Gasteiger partial charge in [0, 0.05) is 12.3 Å². The lowest BCUT2D eigenvalue weighted by Gasteiger charge is -2.20. The van der Waals surface area contributed by atoms with E-state index in [1.165, 1.54) is 11.8 Å². The summed E-state index contributed by atoms with van der Waals surface area (Å²) in [5, 5.41) is 8.29. The molecule has 15 heavy (non-hydrogen) atoms. The Hall–Kier alpha value is -0.900. The zero-order valence-corrected chi connectivity index (χ0v) is 8.99. The summed E-state index contributed by atoms with van der Waals surface area (Å²) in [7, 11) is 0. The molecule has 0 rings (SSSR count). The van der Waals surface area contributed by atoms with Crippen molar-refractivity contribution in [2.45, 2.75) is 13.1 Å². The second-order valence-electron chi connectivity index (χ2n) is 2.58. The van der Waals surface area contributed by atoms with Gasteiger partial charge in [0.25, 0.3) is 0 Å². The Bertz CT molecular complexity index is 249. The van der Waals surface area contributed by atoms with Crippen LogP contribution in [0.1, 0.15) is 6.92 Å². The molecule has 0 radical (unpaired) electrons. The van der Waals surface area contributed by atoms with E-state index in [0.29, 0.717) is 10.7 Å². The molecule has 0 bridgehead atoms. The van der Waals surface area contributed by atoms with Crippen LogP contribution in [0.5, 0.6) is 0 Å². The van der Waals surface area contributed by atoms with Gasteiger partial charge in [0.1, 0.15) is 6.54 Å². The Morgan fingerprint density at radius 3 is 2.53 bits per heavy atom. The van der Waals surface area contributed by atoms with Crippen LogP contribution in [0, 0.1) is 11.3 Å². The number of thioether (sulfide) groups is 1. The van der Waals surface area contributed by atoms with Crippen LogP contribution in [-0.4, -0.2) is 41.6 Å². The molecule has 0 N–H and O–H groups in total. The summed E-state index contributed by atoms with van der Waals surface area (Å²) < 4.78 is 36.1. The van der Waals surface area contributed by atoms with Gasteiger partial charge in [-0.1, -0.05) is 6.92 Å². The molecule has 0 aromatic rings. The summed E-state index contributed by atoms with van der Waals surface area (Å²) in [6, 6.07) is 1.54. The molecule has 0 aliphatic heterocycles. The number of rotatable bonds is 5. The van der Waals surface area contributed by atoms with Crippen LogP contribution in [-0.2, 0) is 4.79 Å². The van der Waals surface area contributed by atoms with Crippen LogP contribution in [0.2, 0.25) is 0 Å². The van der Waals surface area contributed by atoms with Crippen molar-refractivity contribution in [1.82, 2.24) is 4.90 Å². The lowest BCUT2D eigenvalue weighted by molar-refractivity contribution is -0.184. The van der Waals surface area contributed by atoms with Crippen molar-refractivity contribution < 1.29 is 18.0 Å².